The Morgan fingerprint density at radius 1 is 1.00 bits per heavy atom. The zero-order valence-electron chi connectivity index (χ0n) is 10.1. The van der Waals surface area contributed by atoms with Crippen LogP contribution in [0.4, 0.5) is 0 Å². The summed E-state index contributed by atoms with van der Waals surface area (Å²) in [6.45, 7) is 7.61. The van der Waals surface area contributed by atoms with Crippen LogP contribution in [0.1, 0.15) is 27.2 Å². The van der Waals surface area contributed by atoms with Crippen LogP contribution in [0.15, 0.2) is 30.3 Å². The molecule has 15 heavy (non-hydrogen) atoms. The molecule has 1 nitrogen and oxygen atoms in total. The predicted molar refractivity (Wildman–Crippen MR) is 71.7 cm³/mol. The van der Waals surface area contributed by atoms with Crippen LogP contribution in [0, 0.1) is 0 Å². The van der Waals surface area contributed by atoms with E-state index in [1.54, 1.807) is 0 Å². The van der Waals surface area contributed by atoms with Gasteiger partial charge in [-0.2, -0.15) is 0 Å². The number of benzene rings is 1. The first kappa shape index (κ1) is 12.7. The average Bonchev–Trinajstić information content (AvgIpc) is 2.33. The van der Waals surface area contributed by atoms with Crippen molar-refractivity contribution < 1.29 is 4.52 Å². The molecule has 0 unspecified atom stereocenters. The van der Waals surface area contributed by atoms with Gasteiger partial charge in [0.05, 0.1) is 0 Å². The second kappa shape index (κ2) is 6.25. The van der Waals surface area contributed by atoms with Gasteiger partial charge in [0.2, 0.25) is 0 Å². The van der Waals surface area contributed by atoms with E-state index in [1.807, 2.05) is 0 Å². The summed E-state index contributed by atoms with van der Waals surface area (Å²) in [6.07, 6.45) is 3.46. The molecular formula is C13H23OP. The molecule has 0 radical (unpaired) electrons. The second-order valence-electron chi connectivity index (χ2n) is 3.92. The van der Waals surface area contributed by atoms with Gasteiger partial charge >= 0.3 is 93.8 Å². The molecule has 0 saturated heterocycles. The predicted octanol–water partition coefficient (Wildman–Crippen LogP) is 3.44. The average molecular weight is 226 g/mol. The standard InChI is InChI=1S/C13H23OP/c1-4-12-14-15(5-2,6-3)13-10-8-7-9-11-13/h7-11,15H,4-6,12H2,1-3H3. The molecule has 0 atom stereocenters. The van der Waals surface area contributed by atoms with Gasteiger partial charge in [-0.3, -0.25) is 0 Å². The number of hydrogen-bond acceptors (Lipinski definition) is 1. The van der Waals surface area contributed by atoms with Gasteiger partial charge in [0, 0.05) is 0 Å². The third-order valence-electron chi connectivity index (χ3n) is 3.02. The Hall–Kier alpha value is -0.390. The number of hydrogen-bond donors (Lipinski definition) is 0. The second-order valence-corrected chi connectivity index (χ2v) is 8.18. The van der Waals surface area contributed by atoms with E-state index in [1.165, 1.54) is 17.6 Å². The van der Waals surface area contributed by atoms with Gasteiger partial charge in [-0.25, -0.2) is 0 Å². The fraction of sp³-hybridized carbons (Fsp3) is 0.538. The Bertz CT molecular complexity index is 267. The quantitative estimate of drug-likeness (QED) is 0.675. The van der Waals surface area contributed by atoms with E-state index in [-0.39, 0.29) is 0 Å². The molecule has 1 rings (SSSR count). The molecule has 0 amide bonds. The molecule has 0 aliphatic carbocycles. The minimum atomic E-state index is -1.64. The van der Waals surface area contributed by atoms with Crippen LogP contribution in [0.25, 0.3) is 0 Å². The van der Waals surface area contributed by atoms with E-state index in [2.05, 4.69) is 51.1 Å². The van der Waals surface area contributed by atoms with Gasteiger partial charge in [-0.15, -0.1) is 0 Å². The van der Waals surface area contributed by atoms with Gasteiger partial charge in [0.15, 0.2) is 0 Å². The summed E-state index contributed by atoms with van der Waals surface area (Å²) in [4.78, 5) is 0. The van der Waals surface area contributed by atoms with Crippen molar-refractivity contribution in [1.29, 1.82) is 0 Å². The van der Waals surface area contributed by atoms with Gasteiger partial charge in [-0.05, 0) is 0 Å². The van der Waals surface area contributed by atoms with E-state index in [0.29, 0.717) is 0 Å². The summed E-state index contributed by atoms with van der Waals surface area (Å²) in [6, 6.07) is 10.8. The third kappa shape index (κ3) is 3.03. The zero-order chi connectivity index (χ0) is 11.1. The summed E-state index contributed by atoms with van der Waals surface area (Å²) in [5.74, 6) is 0. The first-order chi connectivity index (χ1) is 7.29. The molecule has 0 bridgehead atoms. The molecule has 0 aliphatic rings. The Balaban J connectivity index is 2.89. The van der Waals surface area contributed by atoms with Crippen LogP contribution in [0.5, 0.6) is 0 Å². The molecule has 0 N–H and O–H groups in total. The van der Waals surface area contributed by atoms with Gasteiger partial charge in [-0.1, -0.05) is 0 Å². The fourth-order valence-electron chi connectivity index (χ4n) is 1.99. The van der Waals surface area contributed by atoms with E-state index in [4.69, 9.17) is 4.52 Å². The molecule has 86 valence electrons. The first-order valence-corrected chi connectivity index (χ1v) is 8.30. The van der Waals surface area contributed by atoms with E-state index in [0.717, 1.165) is 13.0 Å². The van der Waals surface area contributed by atoms with Crippen LogP contribution in [0.3, 0.4) is 0 Å². The monoisotopic (exact) mass is 226 g/mol. The van der Waals surface area contributed by atoms with Crippen molar-refractivity contribution in [2.45, 2.75) is 27.2 Å². The summed E-state index contributed by atoms with van der Waals surface area (Å²) < 4.78 is 6.20. The summed E-state index contributed by atoms with van der Waals surface area (Å²) in [5.41, 5.74) is 0. The maximum atomic E-state index is 6.20. The normalized spacial score (nSPS) is 12.7. The van der Waals surface area contributed by atoms with E-state index < -0.39 is 7.49 Å². The van der Waals surface area contributed by atoms with Crippen molar-refractivity contribution in [2.75, 3.05) is 18.9 Å². The van der Waals surface area contributed by atoms with Crippen molar-refractivity contribution in [1.82, 2.24) is 0 Å². The Kier molecular flexibility index (Phi) is 5.28. The minimum absolute atomic E-state index is 0.906. The molecule has 1 aromatic rings. The van der Waals surface area contributed by atoms with Crippen LogP contribution < -0.4 is 5.30 Å². The Labute approximate surface area is 94.3 Å². The molecule has 0 saturated carbocycles. The SMILES string of the molecule is CCCO[PH](CC)(CC)c1ccccc1. The summed E-state index contributed by atoms with van der Waals surface area (Å²) in [5, 5.41) is 1.45. The van der Waals surface area contributed by atoms with Crippen LogP contribution in [-0.4, -0.2) is 18.9 Å². The molecule has 1 aromatic carbocycles. The molecule has 0 spiro atoms. The maximum absolute atomic E-state index is 6.20. The first-order valence-electron chi connectivity index (χ1n) is 5.98. The van der Waals surface area contributed by atoms with Crippen molar-refractivity contribution in [2.24, 2.45) is 0 Å². The van der Waals surface area contributed by atoms with Gasteiger partial charge in [0.1, 0.15) is 0 Å². The fourth-order valence-corrected chi connectivity index (χ4v) is 5.27. The van der Waals surface area contributed by atoms with Crippen LogP contribution in [0.2, 0.25) is 0 Å². The van der Waals surface area contributed by atoms with E-state index >= 15 is 0 Å². The summed E-state index contributed by atoms with van der Waals surface area (Å²) >= 11 is 0. The van der Waals surface area contributed by atoms with Crippen molar-refractivity contribution >= 4 is 12.8 Å². The molecule has 0 heterocycles. The Morgan fingerprint density at radius 3 is 2.07 bits per heavy atom. The molecule has 2 heteroatoms. The number of rotatable bonds is 6. The van der Waals surface area contributed by atoms with Crippen molar-refractivity contribution in [3.05, 3.63) is 30.3 Å². The molecule has 0 aliphatic heterocycles. The molecular weight excluding hydrogens is 203 g/mol. The third-order valence-corrected chi connectivity index (χ3v) is 7.45. The van der Waals surface area contributed by atoms with Crippen LogP contribution in [-0.2, 0) is 4.52 Å². The van der Waals surface area contributed by atoms with Gasteiger partial charge < -0.3 is 0 Å². The van der Waals surface area contributed by atoms with Crippen LogP contribution >= 0.6 is 7.49 Å². The zero-order valence-corrected chi connectivity index (χ0v) is 11.1. The van der Waals surface area contributed by atoms with E-state index in [9.17, 15) is 0 Å². The summed E-state index contributed by atoms with van der Waals surface area (Å²) in [7, 11) is -1.64. The van der Waals surface area contributed by atoms with Crippen molar-refractivity contribution in [3.8, 4) is 0 Å². The van der Waals surface area contributed by atoms with Crippen molar-refractivity contribution in [3.63, 3.8) is 0 Å². The Morgan fingerprint density at radius 2 is 1.60 bits per heavy atom. The molecule has 0 aromatic heterocycles. The van der Waals surface area contributed by atoms with Gasteiger partial charge in [0.25, 0.3) is 0 Å². The topological polar surface area (TPSA) is 9.23 Å². The molecule has 0 fully saturated rings.